The normalized spacial score (nSPS) is 44.3. The SMILES string of the molecule is C.C.C.C.C.C.C.C.C.CC(=O)O.CC(=O)OC1CCCCO1.CCC(C)(C)C(=O)OC1CC2CC1C1CCCC21.CCC(C)(CC(C)(C)C(=O)OC1CC2CC1C1C3CC(C4C5CCC(C5)C34)C21)C(=O)OC1CC2CC1C1C3CC(C4C5CCC(C5)C34)C21. The van der Waals surface area contributed by atoms with Crippen molar-refractivity contribution in [3.8, 4) is 0 Å². The third-order valence-corrected chi connectivity index (χ3v) is 28.0. The van der Waals surface area contributed by atoms with Crippen LogP contribution < -0.4 is 0 Å². The highest BCUT2D eigenvalue weighted by molar-refractivity contribution is 5.81. The lowest BCUT2D eigenvalue weighted by Crippen LogP contribution is -2.47. The average Bonchev–Trinajstić information content (AvgIpc) is 1.52. The van der Waals surface area contributed by atoms with E-state index >= 15 is 0 Å². The zero-order chi connectivity index (χ0) is 56.1. The van der Waals surface area contributed by atoms with Crippen LogP contribution in [0.4, 0.5) is 0 Å². The van der Waals surface area contributed by atoms with E-state index in [2.05, 4.69) is 20.8 Å². The van der Waals surface area contributed by atoms with E-state index < -0.39 is 16.8 Å². The van der Waals surface area contributed by atoms with Crippen LogP contribution in [0.15, 0.2) is 0 Å². The van der Waals surface area contributed by atoms with Crippen LogP contribution in [0.2, 0.25) is 0 Å². The average molecular weight is 1250 g/mol. The van der Waals surface area contributed by atoms with Gasteiger partial charge < -0.3 is 28.8 Å². The van der Waals surface area contributed by atoms with E-state index in [9.17, 15) is 19.2 Å². The lowest BCUT2D eigenvalue weighted by atomic mass is 9.59. The van der Waals surface area contributed by atoms with E-state index in [-0.39, 0.29) is 121 Å². The maximum Gasteiger partial charge on any atom is 0.312 e. The van der Waals surface area contributed by atoms with Gasteiger partial charge in [0.1, 0.15) is 18.3 Å². The van der Waals surface area contributed by atoms with E-state index in [0.717, 1.165) is 183 Å². The molecule has 1 saturated heterocycles. The van der Waals surface area contributed by atoms with Crippen LogP contribution in [0.3, 0.4) is 0 Å². The number of rotatable bonds is 11. The number of carboxylic acid groups (broad SMARTS) is 1. The number of esters is 4. The second-order valence-corrected chi connectivity index (χ2v) is 32.3. The van der Waals surface area contributed by atoms with Gasteiger partial charge in [-0.1, -0.05) is 87.1 Å². The molecule has 1 N–H and O–H groups in total. The highest BCUT2D eigenvalue weighted by Gasteiger charge is 2.74. The van der Waals surface area contributed by atoms with E-state index in [1.807, 2.05) is 27.7 Å². The summed E-state index contributed by atoms with van der Waals surface area (Å²) in [7, 11) is 0. The highest BCUT2D eigenvalue weighted by atomic mass is 16.7. The van der Waals surface area contributed by atoms with Gasteiger partial charge in [0, 0.05) is 20.3 Å². The molecule has 11 nitrogen and oxygen atoms in total. The monoisotopic (exact) mass is 1250 g/mol. The lowest BCUT2D eigenvalue weighted by Gasteiger charge is -2.47. The topological polar surface area (TPSA) is 152 Å². The van der Waals surface area contributed by atoms with E-state index in [0.29, 0.717) is 30.6 Å². The zero-order valence-electron chi connectivity index (χ0n) is 50.7. The summed E-state index contributed by atoms with van der Waals surface area (Å²) in [5, 5.41) is 7.42. The van der Waals surface area contributed by atoms with Gasteiger partial charge in [-0.05, 0) is 311 Å². The molecular weight excluding hydrogens is 1110 g/mol. The van der Waals surface area contributed by atoms with Gasteiger partial charge in [-0.2, -0.15) is 0 Å². The van der Waals surface area contributed by atoms with Gasteiger partial charge in [-0.25, -0.2) is 0 Å². The first-order chi connectivity index (χ1) is 38.2. The molecule has 15 aliphatic carbocycles. The van der Waals surface area contributed by atoms with Crippen molar-refractivity contribution in [3.05, 3.63) is 0 Å². The number of carbonyl (C=O) groups excluding carboxylic acids is 4. The summed E-state index contributed by atoms with van der Waals surface area (Å²) in [4.78, 5) is 59.9. The van der Waals surface area contributed by atoms with Crippen LogP contribution >= 0.6 is 0 Å². The Hall–Kier alpha value is -2.69. The second kappa shape index (κ2) is 29.5. The van der Waals surface area contributed by atoms with Gasteiger partial charge in [-0.15, -0.1) is 0 Å². The quantitative estimate of drug-likeness (QED) is 0.120. The zero-order valence-corrected chi connectivity index (χ0v) is 50.7. The number of fused-ring (bicyclic) bond motifs is 37. The molecule has 0 radical (unpaired) electrons. The minimum Gasteiger partial charge on any atom is -0.481 e. The first-order valence-electron chi connectivity index (χ1n) is 33.8. The van der Waals surface area contributed by atoms with Crippen molar-refractivity contribution >= 4 is 29.8 Å². The molecule has 14 bridgehead atoms. The Labute approximate surface area is 546 Å². The highest BCUT2D eigenvalue weighted by Crippen LogP contribution is 2.78. The molecule has 16 fully saturated rings. The Kier molecular flexibility index (Phi) is 26.1. The standard InChI is InChI=1S/C44H62O4.C16H26O2.C7H12O3.C2H4O2.9CH4/c1-5-44(4,42(46)48-32-15-24-13-26(32)40-30-17-28(38(24)40)34-20-7-9-22(11-20)36(30)34)18-43(2,3)41(45)47-31-14-23-12-25(31)39-29-16-27(37(23)39)33-19-6-8-21(10-19)35(29)33;1-4-16(2,3)15(17)18-14-9-10-8-13(14)12-7-5-6-11(10)12;1-6(8)10-7-4-2-3-5-9-7;1-2(3)4;;;;;;;;;/h19-40H,5-18H2,1-4H3;10-14H,4-9H2,1-3H3;7H,2-5H2,1H3;1H3,(H,3,4);9*1H4. The molecule has 0 amide bonds. The van der Waals surface area contributed by atoms with Crippen LogP contribution in [-0.2, 0) is 47.7 Å². The van der Waals surface area contributed by atoms with Crippen LogP contribution in [-0.4, -0.2) is 66.2 Å². The maximum atomic E-state index is 14.2. The molecule has 29 atom stereocenters. The van der Waals surface area contributed by atoms with E-state index in [4.69, 9.17) is 33.6 Å². The molecule has 89 heavy (non-hydrogen) atoms. The first kappa shape index (κ1) is 78.8. The van der Waals surface area contributed by atoms with E-state index in [1.165, 1.54) is 96.8 Å². The number of aliphatic carboxylic acids is 1. The van der Waals surface area contributed by atoms with E-state index in [1.54, 1.807) is 0 Å². The van der Waals surface area contributed by atoms with Gasteiger partial charge in [0.05, 0.1) is 22.9 Å². The molecule has 1 heterocycles. The fraction of sp³-hybridized carbons (Fsp3) is 0.936. The summed E-state index contributed by atoms with van der Waals surface area (Å²) in [6.07, 6.45) is 28.9. The van der Waals surface area contributed by atoms with Crippen LogP contribution in [0.25, 0.3) is 0 Å². The predicted molar refractivity (Wildman–Crippen MR) is 362 cm³/mol. The number of carbonyl (C=O) groups is 5. The third-order valence-electron chi connectivity index (χ3n) is 28.0. The van der Waals surface area contributed by atoms with Crippen molar-refractivity contribution in [1.82, 2.24) is 0 Å². The maximum absolute atomic E-state index is 14.2. The molecule has 1 aliphatic heterocycles. The summed E-state index contributed by atoms with van der Waals surface area (Å²) < 4.78 is 29.1. The minimum absolute atomic E-state index is 0. The Morgan fingerprint density at radius 1 is 0.382 bits per heavy atom. The van der Waals surface area contributed by atoms with Crippen molar-refractivity contribution in [2.45, 2.75) is 301 Å². The van der Waals surface area contributed by atoms with Crippen LogP contribution in [0.5, 0.6) is 0 Å². The Morgan fingerprint density at radius 3 is 1.20 bits per heavy atom. The summed E-state index contributed by atoms with van der Waals surface area (Å²) in [5.74, 6) is 20.7. The van der Waals surface area contributed by atoms with Gasteiger partial charge in [-0.3, -0.25) is 24.0 Å². The summed E-state index contributed by atoms with van der Waals surface area (Å²) in [5.41, 5.74) is -1.66. The number of carboxylic acids is 1. The predicted octanol–water partition coefficient (Wildman–Crippen LogP) is 19.5. The molecule has 0 aromatic rings. The number of hydrogen-bond acceptors (Lipinski definition) is 10. The molecule has 0 spiro atoms. The molecular formula is C78H140O11. The van der Waals surface area contributed by atoms with Gasteiger partial charge >= 0.3 is 23.9 Å². The smallest absolute Gasteiger partial charge is 0.312 e. The van der Waals surface area contributed by atoms with Crippen LogP contribution in [0.1, 0.15) is 277 Å². The minimum atomic E-state index is -0.833. The van der Waals surface area contributed by atoms with Crippen molar-refractivity contribution in [2.75, 3.05) is 6.61 Å². The summed E-state index contributed by atoms with van der Waals surface area (Å²) in [6, 6.07) is 0. The van der Waals surface area contributed by atoms with Crippen molar-refractivity contribution in [2.24, 2.45) is 158 Å². The molecule has 16 rings (SSSR count). The third kappa shape index (κ3) is 13.3. The molecule has 0 aromatic carbocycles. The summed E-state index contributed by atoms with van der Waals surface area (Å²) >= 11 is 0. The lowest BCUT2D eigenvalue weighted by molar-refractivity contribution is -0.184. The molecule has 16 aliphatic rings. The van der Waals surface area contributed by atoms with Gasteiger partial charge in [0.25, 0.3) is 5.97 Å². The molecule has 0 aromatic heterocycles. The Bertz CT molecular complexity index is 2370. The Morgan fingerprint density at radius 2 is 0.775 bits per heavy atom. The van der Waals surface area contributed by atoms with Gasteiger partial charge in [0.2, 0.25) is 6.29 Å². The fourth-order valence-corrected chi connectivity index (χ4v) is 25.3. The molecule has 518 valence electrons. The number of ether oxygens (including phenoxy) is 5. The molecule has 29 unspecified atom stereocenters. The fourth-order valence-electron chi connectivity index (χ4n) is 25.3. The first-order valence-corrected chi connectivity index (χ1v) is 33.8. The Balaban J connectivity index is 0.000000346. The van der Waals surface area contributed by atoms with Crippen molar-refractivity contribution < 1.29 is 52.8 Å². The van der Waals surface area contributed by atoms with Crippen LogP contribution in [0, 0.1) is 158 Å². The van der Waals surface area contributed by atoms with Crippen molar-refractivity contribution in [1.29, 1.82) is 0 Å². The largest absolute Gasteiger partial charge is 0.481 e. The second-order valence-electron chi connectivity index (χ2n) is 32.3. The molecule has 11 heteroatoms. The van der Waals surface area contributed by atoms with Crippen molar-refractivity contribution in [3.63, 3.8) is 0 Å². The van der Waals surface area contributed by atoms with Gasteiger partial charge in [0.15, 0.2) is 0 Å². The molecule has 15 saturated carbocycles. The number of hydrogen-bond donors (Lipinski definition) is 1. The summed E-state index contributed by atoms with van der Waals surface area (Å²) in [6.45, 7) is 17.6.